The quantitative estimate of drug-likeness (QED) is 0.948. The molecule has 2 aromatic rings. The minimum absolute atomic E-state index is 0.0350. The maximum absolute atomic E-state index is 12.5. The molecule has 0 radical (unpaired) electrons. The lowest BCUT2D eigenvalue weighted by Gasteiger charge is -2.34. The summed E-state index contributed by atoms with van der Waals surface area (Å²) in [6, 6.07) is 16.1. The normalized spacial score (nSPS) is 19.9. The van der Waals surface area contributed by atoms with Crippen molar-refractivity contribution in [3.8, 4) is 6.07 Å². The van der Waals surface area contributed by atoms with E-state index < -0.39 is 0 Å². The number of hydrogen-bond donors (Lipinski definition) is 1. The monoisotopic (exact) mass is 307 g/mol. The SMILES string of the molecule is C[C@H](C#N)N1CCC[C@@H](NC(=O)c2ccc3ccccc3c2)C1. The van der Waals surface area contributed by atoms with Crippen LogP contribution in [0.4, 0.5) is 0 Å². The number of piperidine rings is 1. The van der Waals surface area contributed by atoms with Gasteiger partial charge in [-0.05, 0) is 49.2 Å². The summed E-state index contributed by atoms with van der Waals surface area (Å²) in [6.45, 7) is 3.58. The fourth-order valence-electron chi connectivity index (χ4n) is 3.16. The Labute approximate surface area is 136 Å². The number of carbonyl (C=O) groups excluding carboxylic acids is 1. The second-order valence-electron chi connectivity index (χ2n) is 6.17. The predicted octanol–water partition coefficient (Wildman–Crippen LogP) is 2.95. The summed E-state index contributed by atoms with van der Waals surface area (Å²) in [5, 5.41) is 14.4. The molecule has 1 amide bonds. The van der Waals surface area contributed by atoms with E-state index in [1.807, 2.05) is 49.4 Å². The second kappa shape index (κ2) is 6.80. The average molecular weight is 307 g/mol. The standard InChI is InChI=1S/C19H21N3O/c1-14(12-20)22-10-4-7-18(13-22)21-19(23)17-9-8-15-5-2-3-6-16(15)11-17/h2-3,5-6,8-9,11,14,18H,4,7,10,13H2,1H3,(H,21,23)/t14-,18-/m1/s1. The highest BCUT2D eigenvalue weighted by molar-refractivity contribution is 5.98. The maximum atomic E-state index is 12.5. The first-order valence-electron chi connectivity index (χ1n) is 8.10. The molecule has 1 fully saturated rings. The second-order valence-corrected chi connectivity index (χ2v) is 6.17. The first-order chi connectivity index (χ1) is 11.2. The average Bonchev–Trinajstić information content (AvgIpc) is 2.60. The largest absolute Gasteiger partial charge is 0.348 e. The summed E-state index contributed by atoms with van der Waals surface area (Å²) in [5.74, 6) is -0.0350. The van der Waals surface area contributed by atoms with Crippen LogP contribution >= 0.6 is 0 Å². The third kappa shape index (κ3) is 3.52. The number of likely N-dealkylation sites (tertiary alicyclic amines) is 1. The number of amides is 1. The van der Waals surface area contributed by atoms with Gasteiger partial charge < -0.3 is 5.32 Å². The molecule has 0 spiro atoms. The molecule has 118 valence electrons. The lowest BCUT2D eigenvalue weighted by Crippen LogP contribution is -2.50. The lowest BCUT2D eigenvalue weighted by molar-refractivity contribution is 0.0895. The van der Waals surface area contributed by atoms with Crippen molar-refractivity contribution in [2.45, 2.75) is 31.8 Å². The van der Waals surface area contributed by atoms with Gasteiger partial charge in [-0.2, -0.15) is 5.26 Å². The molecule has 1 heterocycles. The van der Waals surface area contributed by atoms with Crippen LogP contribution < -0.4 is 5.32 Å². The molecule has 0 bridgehead atoms. The highest BCUT2D eigenvalue weighted by atomic mass is 16.1. The molecule has 1 aliphatic rings. The molecule has 0 unspecified atom stereocenters. The van der Waals surface area contributed by atoms with Crippen molar-refractivity contribution in [1.82, 2.24) is 10.2 Å². The Kier molecular flexibility index (Phi) is 4.59. The summed E-state index contributed by atoms with van der Waals surface area (Å²) >= 11 is 0. The van der Waals surface area contributed by atoms with Crippen LogP contribution in [0.3, 0.4) is 0 Å². The lowest BCUT2D eigenvalue weighted by atomic mass is 10.0. The minimum Gasteiger partial charge on any atom is -0.348 e. The molecule has 3 rings (SSSR count). The van der Waals surface area contributed by atoms with Crippen LogP contribution in [0, 0.1) is 11.3 Å². The van der Waals surface area contributed by atoms with Crippen molar-refractivity contribution in [3.63, 3.8) is 0 Å². The number of nitrogens with zero attached hydrogens (tertiary/aromatic N) is 2. The fourth-order valence-corrected chi connectivity index (χ4v) is 3.16. The van der Waals surface area contributed by atoms with E-state index >= 15 is 0 Å². The van der Waals surface area contributed by atoms with E-state index in [1.165, 1.54) is 0 Å². The molecule has 1 saturated heterocycles. The number of benzene rings is 2. The van der Waals surface area contributed by atoms with Crippen LogP contribution in [0.2, 0.25) is 0 Å². The van der Waals surface area contributed by atoms with Crippen LogP contribution in [-0.2, 0) is 0 Å². The predicted molar refractivity (Wildman–Crippen MR) is 91.1 cm³/mol. The summed E-state index contributed by atoms with van der Waals surface area (Å²) < 4.78 is 0. The third-order valence-electron chi connectivity index (χ3n) is 4.53. The number of rotatable bonds is 3. The number of hydrogen-bond acceptors (Lipinski definition) is 3. The van der Waals surface area contributed by atoms with Crippen molar-refractivity contribution < 1.29 is 4.79 Å². The van der Waals surface area contributed by atoms with Crippen LogP contribution in [0.5, 0.6) is 0 Å². The molecule has 4 nitrogen and oxygen atoms in total. The van der Waals surface area contributed by atoms with Crippen LogP contribution in [0.1, 0.15) is 30.1 Å². The fraction of sp³-hybridized carbons (Fsp3) is 0.368. The smallest absolute Gasteiger partial charge is 0.251 e. The first kappa shape index (κ1) is 15.5. The van der Waals surface area contributed by atoms with Crippen LogP contribution in [0.15, 0.2) is 42.5 Å². The molecule has 0 aliphatic carbocycles. The molecule has 0 saturated carbocycles. The van der Waals surface area contributed by atoms with E-state index in [-0.39, 0.29) is 18.0 Å². The molecule has 1 N–H and O–H groups in total. The van der Waals surface area contributed by atoms with E-state index in [2.05, 4.69) is 16.3 Å². The maximum Gasteiger partial charge on any atom is 0.251 e. The molecule has 2 atom stereocenters. The molecule has 1 aliphatic heterocycles. The van der Waals surface area contributed by atoms with Gasteiger partial charge in [0.2, 0.25) is 0 Å². The number of fused-ring (bicyclic) bond motifs is 1. The Morgan fingerprint density at radius 2 is 2.09 bits per heavy atom. The molecule has 4 heteroatoms. The number of nitrogens with one attached hydrogen (secondary N) is 1. The zero-order valence-corrected chi connectivity index (χ0v) is 13.3. The Hall–Kier alpha value is -2.38. The number of carbonyl (C=O) groups is 1. The van der Waals surface area contributed by atoms with Gasteiger partial charge in [-0.25, -0.2) is 0 Å². The highest BCUT2D eigenvalue weighted by Crippen LogP contribution is 2.17. The van der Waals surface area contributed by atoms with Crippen molar-refractivity contribution in [3.05, 3.63) is 48.0 Å². The summed E-state index contributed by atoms with van der Waals surface area (Å²) in [6.07, 6.45) is 1.97. The van der Waals surface area contributed by atoms with Crippen molar-refractivity contribution in [2.75, 3.05) is 13.1 Å². The van der Waals surface area contributed by atoms with Crippen LogP contribution in [0.25, 0.3) is 10.8 Å². The van der Waals surface area contributed by atoms with Gasteiger partial charge in [0.1, 0.15) is 0 Å². The molecule has 23 heavy (non-hydrogen) atoms. The molecule has 2 aromatic carbocycles. The Balaban J connectivity index is 1.69. The summed E-state index contributed by atoms with van der Waals surface area (Å²) in [5.41, 5.74) is 0.689. The van der Waals surface area contributed by atoms with Gasteiger partial charge in [0.25, 0.3) is 5.91 Å². The molecular formula is C19H21N3O. The van der Waals surface area contributed by atoms with Gasteiger partial charge in [-0.1, -0.05) is 30.3 Å². The van der Waals surface area contributed by atoms with Crippen molar-refractivity contribution in [2.24, 2.45) is 0 Å². The van der Waals surface area contributed by atoms with E-state index in [4.69, 9.17) is 5.26 Å². The zero-order valence-electron chi connectivity index (χ0n) is 13.3. The summed E-state index contributed by atoms with van der Waals surface area (Å²) in [4.78, 5) is 14.6. The molecule has 0 aromatic heterocycles. The Morgan fingerprint density at radius 3 is 2.87 bits per heavy atom. The van der Waals surface area contributed by atoms with Gasteiger partial charge in [-0.3, -0.25) is 9.69 Å². The van der Waals surface area contributed by atoms with E-state index in [1.54, 1.807) is 0 Å². The van der Waals surface area contributed by atoms with Gasteiger partial charge in [0, 0.05) is 18.2 Å². The van der Waals surface area contributed by atoms with E-state index in [0.29, 0.717) is 5.56 Å². The van der Waals surface area contributed by atoms with Crippen LogP contribution in [-0.4, -0.2) is 36.0 Å². The first-order valence-corrected chi connectivity index (χ1v) is 8.10. The Morgan fingerprint density at radius 1 is 1.30 bits per heavy atom. The third-order valence-corrected chi connectivity index (χ3v) is 4.53. The van der Waals surface area contributed by atoms with Crippen molar-refractivity contribution in [1.29, 1.82) is 5.26 Å². The summed E-state index contributed by atoms with van der Waals surface area (Å²) in [7, 11) is 0. The van der Waals surface area contributed by atoms with E-state index in [9.17, 15) is 4.79 Å². The topological polar surface area (TPSA) is 56.1 Å². The Bertz CT molecular complexity index is 750. The van der Waals surface area contributed by atoms with Gasteiger partial charge >= 0.3 is 0 Å². The number of nitriles is 1. The zero-order chi connectivity index (χ0) is 16.2. The minimum atomic E-state index is -0.102. The molecular weight excluding hydrogens is 286 g/mol. The van der Waals surface area contributed by atoms with Gasteiger partial charge in [0.05, 0.1) is 12.1 Å². The highest BCUT2D eigenvalue weighted by Gasteiger charge is 2.24. The van der Waals surface area contributed by atoms with Gasteiger partial charge in [0.15, 0.2) is 0 Å². The van der Waals surface area contributed by atoms with Crippen molar-refractivity contribution >= 4 is 16.7 Å². The van der Waals surface area contributed by atoms with Gasteiger partial charge in [-0.15, -0.1) is 0 Å². The van der Waals surface area contributed by atoms with E-state index in [0.717, 1.165) is 36.7 Å².